The summed E-state index contributed by atoms with van der Waals surface area (Å²) in [6, 6.07) is 22.1. The predicted molar refractivity (Wildman–Crippen MR) is 121 cm³/mol. The standard InChI is InChI=1S/C25H27N3O2/c1-19-5-4-8-23(17-19)27-13-15-28(16-14-27)24(29)11-12-26-25(30)22-10-9-20-6-2-3-7-21(20)18-22/h2-10,17-18H,11-16H2,1H3,(H,26,30). The molecule has 1 aliphatic heterocycles. The largest absolute Gasteiger partial charge is 0.368 e. The van der Waals surface area contributed by atoms with Crippen LogP contribution in [0.2, 0.25) is 0 Å². The Kier molecular flexibility index (Phi) is 5.98. The molecule has 0 radical (unpaired) electrons. The average Bonchev–Trinajstić information content (AvgIpc) is 2.78. The number of aryl methyl sites for hydroxylation is 1. The lowest BCUT2D eigenvalue weighted by Crippen LogP contribution is -2.49. The third-order valence-electron chi connectivity index (χ3n) is 5.64. The quantitative estimate of drug-likeness (QED) is 0.711. The van der Waals surface area contributed by atoms with Crippen molar-refractivity contribution < 1.29 is 9.59 Å². The van der Waals surface area contributed by atoms with E-state index in [0.29, 0.717) is 31.6 Å². The molecule has 5 heteroatoms. The van der Waals surface area contributed by atoms with Crippen LogP contribution < -0.4 is 10.2 Å². The van der Waals surface area contributed by atoms with E-state index in [0.717, 1.165) is 23.9 Å². The van der Waals surface area contributed by atoms with Crippen molar-refractivity contribution in [2.75, 3.05) is 37.6 Å². The van der Waals surface area contributed by atoms with Crippen LogP contribution in [-0.2, 0) is 4.79 Å². The molecule has 0 atom stereocenters. The van der Waals surface area contributed by atoms with Gasteiger partial charge in [0.2, 0.25) is 5.91 Å². The molecule has 0 aliphatic carbocycles. The van der Waals surface area contributed by atoms with E-state index in [1.165, 1.54) is 11.3 Å². The zero-order chi connectivity index (χ0) is 20.9. The summed E-state index contributed by atoms with van der Waals surface area (Å²) in [7, 11) is 0. The number of carbonyl (C=O) groups is 2. The van der Waals surface area contributed by atoms with Crippen molar-refractivity contribution in [1.29, 1.82) is 0 Å². The molecule has 1 heterocycles. The number of nitrogens with one attached hydrogen (secondary N) is 1. The summed E-state index contributed by atoms with van der Waals surface area (Å²) in [5, 5.41) is 5.02. The number of nitrogens with zero attached hydrogens (tertiary/aromatic N) is 2. The molecular weight excluding hydrogens is 374 g/mol. The Labute approximate surface area is 177 Å². The van der Waals surface area contributed by atoms with Crippen molar-refractivity contribution >= 4 is 28.3 Å². The van der Waals surface area contributed by atoms with Gasteiger partial charge < -0.3 is 15.1 Å². The van der Waals surface area contributed by atoms with Crippen molar-refractivity contribution in [3.63, 3.8) is 0 Å². The molecule has 3 aromatic rings. The summed E-state index contributed by atoms with van der Waals surface area (Å²) in [6.45, 7) is 5.53. The fourth-order valence-corrected chi connectivity index (χ4v) is 3.91. The van der Waals surface area contributed by atoms with Crippen LogP contribution >= 0.6 is 0 Å². The summed E-state index contributed by atoms with van der Waals surface area (Å²) < 4.78 is 0. The van der Waals surface area contributed by atoms with Gasteiger partial charge in [0.25, 0.3) is 5.91 Å². The number of benzene rings is 3. The summed E-state index contributed by atoms with van der Waals surface area (Å²) in [4.78, 5) is 29.2. The van der Waals surface area contributed by atoms with Gasteiger partial charge in [0, 0.05) is 50.4 Å². The third-order valence-corrected chi connectivity index (χ3v) is 5.64. The molecule has 0 saturated carbocycles. The lowest BCUT2D eigenvalue weighted by atomic mass is 10.1. The molecule has 3 aromatic carbocycles. The molecule has 4 rings (SSSR count). The molecule has 0 bridgehead atoms. The van der Waals surface area contributed by atoms with E-state index in [1.54, 1.807) is 0 Å². The SMILES string of the molecule is Cc1cccc(N2CCN(C(=O)CCNC(=O)c3ccc4ccccc4c3)CC2)c1. The lowest BCUT2D eigenvalue weighted by Gasteiger charge is -2.36. The Balaban J connectivity index is 1.24. The topological polar surface area (TPSA) is 52.6 Å². The number of rotatable bonds is 5. The first kappa shape index (κ1) is 20.0. The van der Waals surface area contributed by atoms with Gasteiger partial charge in [-0.15, -0.1) is 0 Å². The van der Waals surface area contributed by atoms with Gasteiger partial charge in [-0.1, -0.05) is 42.5 Å². The van der Waals surface area contributed by atoms with E-state index < -0.39 is 0 Å². The number of hydrogen-bond acceptors (Lipinski definition) is 3. The van der Waals surface area contributed by atoms with Gasteiger partial charge >= 0.3 is 0 Å². The molecule has 154 valence electrons. The van der Waals surface area contributed by atoms with Crippen molar-refractivity contribution in [2.24, 2.45) is 0 Å². The van der Waals surface area contributed by atoms with Crippen LogP contribution in [0.15, 0.2) is 66.7 Å². The molecular formula is C25H27N3O2. The van der Waals surface area contributed by atoms with Crippen LogP contribution in [0.4, 0.5) is 5.69 Å². The minimum atomic E-state index is -0.141. The molecule has 2 amide bonds. The monoisotopic (exact) mass is 401 g/mol. The Morgan fingerprint density at radius 3 is 2.40 bits per heavy atom. The predicted octanol–water partition coefficient (Wildman–Crippen LogP) is 3.62. The van der Waals surface area contributed by atoms with E-state index >= 15 is 0 Å². The minimum absolute atomic E-state index is 0.0951. The van der Waals surface area contributed by atoms with Crippen molar-refractivity contribution in [3.05, 3.63) is 77.9 Å². The first-order valence-corrected chi connectivity index (χ1v) is 10.5. The van der Waals surface area contributed by atoms with Gasteiger partial charge in [0.15, 0.2) is 0 Å². The second-order valence-corrected chi connectivity index (χ2v) is 7.77. The molecule has 0 spiro atoms. The summed E-state index contributed by atoms with van der Waals surface area (Å²) in [5.74, 6) is -0.0458. The maximum Gasteiger partial charge on any atom is 0.251 e. The Hall–Kier alpha value is -3.34. The second kappa shape index (κ2) is 8.99. The maximum absolute atomic E-state index is 12.5. The van der Waals surface area contributed by atoms with Crippen molar-refractivity contribution in [1.82, 2.24) is 10.2 Å². The molecule has 5 nitrogen and oxygen atoms in total. The molecule has 1 N–H and O–H groups in total. The van der Waals surface area contributed by atoms with Gasteiger partial charge in [0.05, 0.1) is 0 Å². The number of hydrogen-bond donors (Lipinski definition) is 1. The number of fused-ring (bicyclic) bond motifs is 1. The molecule has 1 fully saturated rings. The highest BCUT2D eigenvalue weighted by atomic mass is 16.2. The van der Waals surface area contributed by atoms with Crippen molar-refractivity contribution in [2.45, 2.75) is 13.3 Å². The van der Waals surface area contributed by atoms with Crippen molar-refractivity contribution in [3.8, 4) is 0 Å². The summed E-state index contributed by atoms with van der Waals surface area (Å²) >= 11 is 0. The maximum atomic E-state index is 12.5. The Bertz CT molecular complexity index is 1050. The molecule has 1 saturated heterocycles. The van der Waals surface area contributed by atoms with Crippen LogP contribution in [0, 0.1) is 6.92 Å². The fourth-order valence-electron chi connectivity index (χ4n) is 3.91. The van der Waals surface area contributed by atoms with Gasteiger partial charge in [-0.25, -0.2) is 0 Å². The highest BCUT2D eigenvalue weighted by molar-refractivity contribution is 5.98. The normalized spacial score (nSPS) is 14.0. The number of piperazine rings is 1. The fraction of sp³-hybridized carbons (Fsp3) is 0.280. The van der Waals surface area contributed by atoms with E-state index in [1.807, 2.05) is 47.4 Å². The van der Waals surface area contributed by atoms with Crippen LogP contribution in [0.1, 0.15) is 22.3 Å². The molecule has 1 aliphatic rings. The average molecular weight is 402 g/mol. The van der Waals surface area contributed by atoms with Crippen LogP contribution in [0.25, 0.3) is 10.8 Å². The second-order valence-electron chi connectivity index (χ2n) is 7.77. The van der Waals surface area contributed by atoms with Gasteiger partial charge in [-0.05, 0) is 47.5 Å². The molecule has 0 aromatic heterocycles. The summed E-state index contributed by atoms with van der Waals surface area (Å²) in [5.41, 5.74) is 3.07. The van der Waals surface area contributed by atoms with Gasteiger partial charge in [0.1, 0.15) is 0 Å². The minimum Gasteiger partial charge on any atom is -0.368 e. The zero-order valence-corrected chi connectivity index (χ0v) is 17.3. The van der Waals surface area contributed by atoms with Crippen LogP contribution in [0.5, 0.6) is 0 Å². The highest BCUT2D eigenvalue weighted by Gasteiger charge is 2.21. The highest BCUT2D eigenvalue weighted by Crippen LogP contribution is 2.18. The van der Waals surface area contributed by atoms with Gasteiger partial charge in [-0.3, -0.25) is 9.59 Å². The first-order chi connectivity index (χ1) is 14.6. The summed E-state index contributed by atoms with van der Waals surface area (Å²) in [6.07, 6.45) is 0.323. The lowest BCUT2D eigenvalue weighted by molar-refractivity contribution is -0.131. The molecule has 0 unspecified atom stereocenters. The number of anilines is 1. The number of amides is 2. The van der Waals surface area contributed by atoms with E-state index in [2.05, 4.69) is 41.4 Å². The Morgan fingerprint density at radius 1 is 0.867 bits per heavy atom. The number of carbonyl (C=O) groups excluding carboxylic acids is 2. The zero-order valence-electron chi connectivity index (χ0n) is 17.3. The van der Waals surface area contributed by atoms with E-state index in [9.17, 15) is 9.59 Å². The Morgan fingerprint density at radius 2 is 1.63 bits per heavy atom. The smallest absolute Gasteiger partial charge is 0.251 e. The van der Waals surface area contributed by atoms with Gasteiger partial charge in [-0.2, -0.15) is 0 Å². The molecule has 30 heavy (non-hydrogen) atoms. The van der Waals surface area contributed by atoms with E-state index in [-0.39, 0.29) is 11.8 Å². The third kappa shape index (κ3) is 4.62. The first-order valence-electron chi connectivity index (χ1n) is 10.5. The van der Waals surface area contributed by atoms with Crippen LogP contribution in [0.3, 0.4) is 0 Å². The van der Waals surface area contributed by atoms with Crippen LogP contribution in [-0.4, -0.2) is 49.4 Å². The van der Waals surface area contributed by atoms with E-state index in [4.69, 9.17) is 0 Å².